The Morgan fingerprint density at radius 2 is 1.35 bits per heavy atom. The number of carbonyl (C=O) groups excluding carboxylic acids is 5. The normalized spacial score (nSPS) is 12.3. The molecule has 0 radical (unpaired) electrons. The first-order valence-electron chi connectivity index (χ1n) is 10.5. The van der Waals surface area contributed by atoms with E-state index in [0.717, 1.165) is 10.5 Å². The maximum Gasteiger partial charge on any atom is 0.338 e. The summed E-state index contributed by atoms with van der Waals surface area (Å²) < 4.78 is 5.01. The predicted octanol–water partition coefficient (Wildman–Crippen LogP) is 2.53. The lowest BCUT2D eigenvalue weighted by atomic mass is 10.1. The van der Waals surface area contributed by atoms with Gasteiger partial charge in [-0.2, -0.15) is 0 Å². The first kappa shape index (κ1) is 22.6. The Kier molecular flexibility index (Phi) is 6.59. The van der Waals surface area contributed by atoms with Crippen LogP contribution in [0, 0.1) is 0 Å². The van der Waals surface area contributed by atoms with Gasteiger partial charge in [0.2, 0.25) is 5.91 Å². The number of rotatable bonds is 7. The Hall–Kier alpha value is -4.59. The van der Waals surface area contributed by atoms with E-state index in [4.69, 9.17) is 4.74 Å². The Labute approximate surface area is 195 Å². The Balaban J connectivity index is 1.32. The van der Waals surface area contributed by atoms with E-state index in [2.05, 4.69) is 5.32 Å². The fourth-order valence-corrected chi connectivity index (χ4v) is 3.59. The number of esters is 1. The van der Waals surface area contributed by atoms with Crippen LogP contribution in [0.25, 0.3) is 0 Å². The highest BCUT2D eigenvalue weighted by Gasteiger charge is 2.35. The van der Waals surface area contributed by atoms with Gasteiger partial charge >= 0.3 is 5.97 Å². The molecule has 0 saturated carbocycles. The van der Waals surface area contributed by atoms with Crippen molar-refractivity contribution in [1.29, 1.82) is 0 Å². The number of ether oxygens (including phenoxy) is 1. The second-order valence-electron chi connectivity index (χ2n) is 7.65. The summed E-state index contributed by atoms with van der Waals surface area (Å²) in [6.07, 6.45) is 0.0282. The number of benzene rings is 3. The molecule has 8 heteroatoms. The molecule has 3 aromatic rings. The number of nitrogens with one attached hydrogen (secondary N) is 1. The van der Waals surface area contributed by atoms with Crippen LogP contribution in [0.4, 0.5) is 0 Å². The number of fused-ring (bicyclic) bond motifs is 1. The molecule has 1 N–H and O–H groups in total. The highest BCUT2D eigenvalue weighted by atomic mass is 16.5. The highest BCUT2D eigenvalue weighted by molar-refractivity contribution is 6.21. The highest BCUT2D eigenvalue weighted by Crippen LogP contribution is 2.24. The molecule has 3 aromatic carbocycles. The van der Waals surface area contributed by atoms with Crippen LogP contribution >= 0.6 is 0 Å². The number of amides is 4. The Morgan fingerprint density at radius 3 is 2.03 bits per heavy atom. The van der Waals surface area contributed by atoms with Crippen molar-refractivity contribution < 1.29 is 28.7 Å². The van der Waals surface area contributed by atoms with Crippen molar-refractivity contribution in [3.05, 3.63) is 107 Å². The van der Waals surface area contributed by atoms with Crippen molar-refractivity contribution in [1.82, 2.24) is 10.2 Å². The summed E-state index contributed by atoms with van der Waals surface area (Å²) in [7, 11) is 0. The van der Waals surface area contributed by atoms with E-state index in [1.807, 2.05) is 6.07 Å². The third kappa shape index (κ3) is 5.07. The molecule has 0 fully saturated rings. The van der Waals surface area contributed by atoms with E-state index in [-0.39, 0.29) is 18.5 Å². The van der Waals surface area contributed by atoms with Gasteiger partial charge in [-0.1, -0.05) is 54.6 Å². The van der Waals surface area contributed by atoms with E-state index in [0.29, 0.717) is 16.7 Å². The van der Waals surface area contributed by atoms with E-state index < -0.39 is 36.2 Å². The summed E-state index contributed by atoms with van der Waals surface area (Å²) in [5, 5.41) is 2.18. The topological polar surface area (TPSA) is 110 Å². The Bertz CT molecular complexity index is 1250. The average molecular weight is 456 g/mol. The first-order valence-corrected chi connectivity index (χ1v) is 10.5. The SMILES string of the molecule is O=C(COC(=O)c1cccc(CN2C(=O)c3ccccc3C2=O)c1)NC(=O)Cc1ccccc1. The smallest absolute Gasteiger partial charge is 0.338 e. The van der Waals surface area contributed by atoms with Gasteiger partial charge in [0, 0.05) is 0 Å². The third-order valence-electron chi connectivity index (χ3n) is 5.20. The molecule has 0 unspecified atom stereocenters. The van der Waals surface area contributed by atoms with Crippen molar-refractivity contribution in [3.63, 3.8) is 0 Å². The summed E-state index contributed by atoms with van der Waals surface area (Å²) in [6, 6.07) is 21.7. The van der Waals surface area contributed by atoms with Crippen LogP contribution < -0.4 is 5.32 Å². The Morgan fingerprint density at radius 1 is 0.735 bits per heavy atom. The molecule has 0 atom stereocenters. The second-order valence-corrected chi connectivity index (χ2v) is 7.65. The fraction of sp³-hybridized carbons (Fsp3) is 0.115. The van der Waals surface area contributed by atoms with Gasteiger partial charge in [0.05, 0.1) is 29.7 Å². The van der Waals surface area contributed by atoms with Gasteiger partial charge in [-0.3, -0.25) is 29.4 Å². The molecule has 170 valence electrons. The molecule has 1 aliphatic heterocycles. The largest absolute Gasteiger partial charge is 0.452 e. The van der Waals surface area contributed by atoms with Gasteiger partial charge < -0.3 is 4.74 Å². The number of hydrogen-bond acceptors (Lipinski definition) is 6. The van der Waals surface area contributed by atoms with E-state index in [1.165, 1.54) is 12.1 Å². The molecule has 4 amide bonds. The summed E-state index contributed by atoms with van der Waals surface area (Å²) in [6.45, 7) is -0.635. The third-order valence-corrected chi connectivity index (χ3v) is 5.20. The van der Waals surface area contributed by atoms with Gasteiger partial charge in [0.25, 0.3) is 17.7 Å². The molecule has 34 heavy (non-hydrogen) atoms. The molecule has 1 aliphatic rings. The van der Waals surface area contributed by atoms with Gasteiger partial charge in [-0.05, 0) is 35.4 Å². The maximum atomic E-state index is 12.6. The fourth-order valence-electron chi connectivity index (χ4n) is 3.59. The zero-order valence-corrected chi connectivity index (χ0v) is 18.0. The van der Waals surface area contributed by atoms with E-state index in [1.54, 1.807) is 60.7 Å². The van der Waals surface area contributed by atoms with Gasteiger partial charge in [-0.15, -0.1) is 0 Å². The monoisotopic (exact) mass is 456 g/mol. The minimum Gasteiger partial charge on any atom is -0.452 e. The van der Waals surface area contributed by atoms with Crippen molar-refractivity contribution in [2.45, 2.75) is 13.0 Å². The minimum atomic E-state index is -0.769. The molecule has 0 bridgehead atoms. The molecule has 0 saturated heterocycles. The number of carbonyl (C=O) groups is 5. The molecule has 0 aromatic heterocycles. The zero-order valence-electron chi connectivity index (χ0n) is 18.0. The summed E-state index contributed by atoms with van der Waals surface area (Å²) in [5.41, 5.74) is 2.13. The summed E-state index contributed by atoms with van der Waals surface area (Å²) in [5.74, 6) is -2.81. The molecule has 8 nitrogen and oxygen atoms in total. The lowest BCUT2D eigenvalue weighted by molar-refractivity contribution is -0.132. The maximum absolute atomic E-state index is 12.6. The van der Waals surface area contributed by atoms with Crippen LogP contribution in [0.1, 0.15) is 42.2 Å². The molecular weight excluding hydrogens is 436 g/mol. The van der Waals surface area contributed by atoms with E-state index in [9.17, 15) is 24.0 Å². The minimum absolute atomic E-state index is 0.0120. The number of nitrogens with zero attached hydrogens (tertiary/aromatic N) is 1. The quantitative estimate of drug-likeness (QED) is 0.432. The van der Waals surface area contributed by atoms with E-state index >= 15 is 0 Å². The lowest BCUT2D eigenvalue weighted by Crippen LogP contribution is -2.35. The van der Waals surface area contributed by atoms with Crippen LogP contribution in [0.2, 0.25) is 0 Å². The molecular formula is C26H20N2O6. The van der Waals surface area contributed by atoms with Crippen molar-refractivity contribution in [2.75, 3.05) is 6.61 Å². The first-order chi connectivity index (χ1) is 16.4. The molecule has 0 aliphatic carbocycles. The van der Waals surface area contributed by atoms with Gasteiger partial charge in [0.15, 0.2) is 6.61 Å². The van der Waals surface area contributed by atoms with Gasteiger partial charge in [-0.25, -0.2) is 4.79 Å². The van der Waals surface area contributed by atoms with Crippen LogP contribution in [0.5, 0.6) is 0 Å². The van der Waals surface area contributed by atoms with Crippen LogP contribution in [0.15, 0.2) is 78.9 Å². The lowest BCUT2D eigenvalue weighted by Gasteiger charge is -2.14. The summed E-state index contributed by atoms with van der Waals surface area (Å²) >= 11 is 0. The second kappa shape index (κ2) is 9.91. The van der Waals surface area contributed by atoms with Gasteiger partial charge in [0.1, 0.15) is 0 Å². The standard InChI is InChI=1S/C26H20N2O6/c29-22(14-17-7-2-1-3-8-17)27-23(30)16-34-26(33)19-10-6-9-18(13-19)15-28-24(31)20-11-4-5-12-21(20)25(28)32/h1-13H,14-16H2,(H,27,29,30). The molecule has 1 heterocycles. The molecule has 4 rings (SSSR count). The number of imide groups is 2. The average Bonchev–Trinajstić information content (AvgIpc) is 3.08. The van der Waals surface area contributed by atoms with Crippen LogP contribution in [-0.4, -0.2) is 41.1 Å². The van der Waals surface area contributed by atoms with Crippen molar-refractivity contribution in [3.8, 4) is 0 Å². The number of hydrogen-bond donors (Lipinski definition) is 1. The van der Waals surface area contributed by atoms with Crippen LogP contribution in [0.3, 0.4) is 0 Å². The van der Waals surface area contributed by atoms with Crippen molar-refractivity contribution >= 4 is 29.6 Å². The predicted molar refractivity (Wildman–Crippen MR) is 121 cm³/mol. The zero-order chi connectivity index (χ0) is 24.1. The summed E-state index contributed by atoms with van der Waals surface area (Å²) in [4.78, 5) is 62.5. The van der Waals surface area contributed by atoms with Crippen LogP contribution in [-0.2, 0) is 27.3 Å². The van der Waals surface area contributed by atoms with Crippen molar-refractivity contribution in [2.24, 2.45) is 0 Å². The molecule has 0 spiro atoms.